The van der Waals surface area contributed by atoms with E-state index < -0.39 is 144 Å². The van der Waals surface area contributed by atoms with Crippen LogP contribution in [-0.4, -0.2) is 78.8 Å². The topological polar surface area (TPSA) is 0 Å². The molecule has 25 heteroatoms. The highest BCUT2D eigenvalue weighted by Crippen LogP contribution is 2.71. The van der Waals surface area contributed by atoms with Crippen molar-refractivity contribution >= 4 is 0 Å². The fraction of sp³-hybridized carbons (Fsp3) is 1.00. The third-order valence-corrected chi connectivity index (χ3v) is 14.5. The van der Waals surface area contributed by atoms with Gasteiger partial charge in [0.05, 0.1) is 29.1 Å². The highest BCUT2D eigenvalue weighted by Gasteiger charge is 2.91. The van der Waals surface area contributed by atoms with Crippen LogP contribution >= 0.6 is 0 Å². The smallest absolute Gasteiger partial charge is 0.244 e. The summed E-state index contributed by atoms with van der Waals surface area (Å²) >= 11 is 0. The first-order valence-corrected chi connectivity index (χ1v) is 19.1. The van der Waals surface area contributed by atoms with Crippen molar-refractivity contribution < 1.29 is 110 Å². The molecular weight excluding hydrogens is 931 g/mol. The van der Waals surface area contributed by atoms with Gasteiger partial charge in [0, 0.05) is 11.8 Å². The zero-order valence-corrected chi connectivity index (χ0v) is 34.1. The molecule has 11 unspecified atom stereocenters. The molecule has 0 nitrogen and oxygen atoms in total. The minimum Gasteiger partial charge on any atom is -0.244 e. The van der Waals surface area contributed by atoms with Gasteiger partial charge in [0.15, 0.2) is 0 Å². The highest BCUT2D eigenvalue weighted by molar-refractivity contribution is 5.20. The summed E-state index contributed by atoms with van der Waals surface area (Å²) in [6.07, 6.45) is -25.4. The number of halogens is 25. The van der Waals surface area contributed by atoms with E-state index in [-0.39, 0.29) is 26.2 Å². The Kier molecular flexibility index (Phi) is 17.0. The van der Waals surface area contributed by atoms with Gasteiger partial charge in [-0.3, -0.25) is 0 Å². The van der Waals surface area contributed by atoms with Crippen molar-refractivity contribution in [2.45, 2.75) is 161 Å². The van der Waals surface area contributed by atoms with E-state index in [1.807, 2.05) is 6.92 Å². The molecule has 0 heterocycles. The summed E-state index contributed by atoms with van der Waals surface area (Å²) < 4.78 is 322. The van der Waals surface area contributed by atoms with Crippen LogP contribution in [0.2, 0.25) is 0 Å². The van der Waals surface area contributed by atoms with E-state index in [0.29, 0.717) is 12.8 Å². The molecule has 0 saturated heterocycles. The van der Waals surface area contributed by atoms with Gasteiger partial charge in [0.1, 0.15) is 24.7 Å². The fourth-order valence-electron chi connectivity index (χ4n) is 10.1. The summed E-state index contributed by atoms with van der Waals surface area (Å²) in [7, 11) is 0. The number of fused-ring (bicyclic) bond motifs is 1. The highest BCUT2D eigenvalue weighted by atomic mass is 19.4. The van der Waals surface area contributed by atoms with Crippen LogP contribution in [0.4, 0.5) is 110 Å². The Hall–Kier alpha value is -1.75. The molecule has 6 aliphatic carbocycles. The zero-order chi connectivity index (χ0) is 49.7. The molecule has 14 atom stereocenters. The maximum atomic E-state index is 13.1. The fourth-order valence-corrected chi connectivity index (χ4v) is 10.1. The van der Waals surface area contributed by atoms with Gasteiger partial charge >= 0.3 is 48.4 Å². The van der Waals surface area contributed by atoms with E-state index >= 15 is 0 Å². The molecule has 0 radical (unpaired) electrons. The molecule has 6 fully saturated rings. The van der Waals surface area contributed by atoms with Crippen LogP contribution in [0.25, 0.3) is 0 Å². The summed E-state index contributed by atoms with van der Waals surface area (Å²) in [5.41, 5.74) is -6.69. The van der Waals surface area contributed by atoms with Gasteiger partial charge in [-0.25, -0.2) is 22.0 Å². The quantitative estimate of drug-likeness (QED) is 0.212. The SMILES string of the molecule is C.CC1C(C(F)(F)F)C(C(F)(F)F)C(C)[C@@H](C)C1C(F)(F)F.CC1C(F)(F)C(F)(F)C(C)(F)C(F)(F)C1(F)F.CC1C(F)C(F)C(C)C(F)C1F.CC1[C@H]2CC[C@@H]1C2(C)C(F)(F)F. The monoisotopic (exact) mass is 982 g/mol. The molecule has 378 valence electrons. The van der Waals surface area contributed by atoms with E-state index in [0.717, 1.165) is 26.7 Å². The van der Waals surface area contributed by atoms with Gasteiger partial charge in [0.2, 0.25) is 5.67 Å². The van der Waals surface area contributed by atoms with E-state index in [9.17, 15) is 110 Å². The maximum Gasteiger partial charge on any atom is 0.394 e. The molecular formula is C38H51F25. The van der Waals surface area contributed by atoms with Crippen molar-refractivity contribution in [2.24, 2.45) is 76.4 Å². The molecule has 0 amide bonds. The molecule has 0 N–H and O–H groups in total. The third-order valence-electron chi connectivity index (χ3n) is 14.5. The largest absolute Gasteiger partial charge is 0.394 e. The van der Waals surface area contributed by atoms with Crippen molar-refractivity contribution in [1.29, 1.82) is 0 Å². The van der Waals surface area contributed by atoms with Crippen LogP contribution < -0.4 is 0 Å². The first kappa shape index (κ1) is 59.3. The van der Waals surface area contributed by atoms with E-state index in [2.05, 4.69) is 0 Å². The van der Waals surface area contributed by atoms with Crippen LogP contribution in [0.15, 0.2) is 0 Å². The standard InChI is InChI=1S/C12H15F9.C9H13F3.C8H7F9.C8H12F4.CH4/c1-4-5(2)8(11(16,17)18)9(12(19,20)21)6(3)7(4)10(13,14)15;1-5-6-3-4-7(5)8(6,2)9(10,11)12;1-3-5(10,11)7(14,15)4(2,9)8(16,17)6(3,12)13;1-3-5(9)7(11)4(2)8(12)6(3)10;/h4-9H,1-3H3;5-7H,3-4H2,1-2H3;3H,1-2H3;3-8H,1-2H3;1H4/t4-,5?,6?,7?,8?,9?;5?,6-,7+,8?;;;/m1..../s1. The average molecular weight is 983 g/mol. The molecule has 0 aromatic rings. The second-order valence-electron chi connectivity index (χ2n) is 17.8. The summed E-state index contributed by atoms with van der Waals surface area (Å²) in [5, 5.41) is 0. The second-order valence-corrected chi connectivity index (χ2v) is 17.8. The summed E-state index contributed by atoms with van der Waals surface area (Å²) in [4.78, 5) is 0. The van der Waals surface area contributed by atoms with Gasteiger partial charge in [0.25, 0.3) is 0 Å². The molecule has 63 heavy (non-hydrogen) atoms. The molecule has 0 aromatic heterocycles. The van der Waals surface area contributed by atoms with Crippen LogP contribution in [0.3, 0.4) is 0 Å². The first-order chi connectivity index (χ1) is 27.1. The lowest BCUT2D eigenvalue weighted by Gasteiger charge is -2.53. The van der Waals surface area contributed by atoms with Crippen molar-refractivity contribution in [3.05, 3.63) is 0 Å². The average Bonchev–Trinajstić information content (AvgIpc) is 3.69. The van der Waals surface area contributed by atoms with Crippen LogP contribution in [0.1, 0.15) is 82.6 Å². The zero-order valence-electron chi connectivity index (χ0n) is 34.1. The number of rotatable bonds is 0. The lowest BCUT2D eigenvalue weighted by molar-refractivity contribution is -0.428. The molecule has 2 bridgehead atoms. The molecule has 6 saturated carbocycles. The maximum absolute atomic E-state index is 13.1. The van der Waals surface area contributed by atoms with Gasteiger partial charge in [-0.15, -0.1) is 0 Å². The van der Waals surface area contributed by atoms with Gasteiger partial charge in [-0.05, 0) is 55.3 Å². The second kappa shape index (κ2) is 18.1. The van der Waals surface area contributed by atoms with Crippen molar-refractivity contribution in [3.8, 4) is 0 Å². The summed E-state index contributed by atoms with van der Waals surface area (Å²) in [6.45, 7) is 7.28. The van der Waals surface area contributed by atoms with Crippen LogP contribution in [0.5, 0.6) is 0 Å². The molecule has 0 aromatic carbocycles. The van der Waals surface area contributed by atoms with Crippen molar-refractivity contribution in [2.75, 3.05) is 0 Å². The van der Waals surface area contributed by atoms with Gasteiger partial charge in [-0.2, -0.15) is 87.8 Å². The van der Waals surface area contributed by atoms with E-state index in [4.69, 9.17) is 0 Å². The lowest BCUT2D eigenvalue weighted by Crippen LogP contribution is -2.77. The molecule has 6 rings (SSSR count). The minimum atomic E-state index is -5.90. The summed E-state index contributed by atoms with van der Waals surface area (Å²) in [6, 6.07) is 0. The normalized spacial score (nSPS) is 45.0. The Balaban J connectivity index is 0.000000428. The Labute approximate surface area is 347 Å². The number of hydrogen-bond acceptors (Lipinski definition) is 0. The first-order valence-electron chi connectivity index (χ1n) is 19.1. The number of hydrogen-bond donors (Lipinski definition) is 0. The minimum absolute atomic E-state index is 0. The van der Waals surface area contributed by atoms with E-state index in [1.54, 1.807) is 0 Å². The predicted molar refractivity (Wildman–Crippen MR) is 179 cm³/mol. The number of alkyl halides is 25. The lowest BCUT2D eigenvalue weighted by atomic mass is 9.53. The van der Waals surface area contributed by atoms with Crippen molar-refractivity contribution in [3.63, 3.8) is 0 Å². The van der Waals surface area contributed by atoms with Crippen molar-refractivity contribution in [1.82, 2.24) is 0 Å². The van der Waals surface area contributed by atoms with Crippen LogP contribution in [-0.2, 0) is 0 Å². The Morgan fingerprint density at radius 2 is 0.635 bits per heavy atom. The molecule has 6 aliphatic rings. The molecule has 0 spiro atoms. The van der Waals surface area contributed by atoms with Gasteiger partial charge < -0.3 is 0 Å². The Morgan fingerprint density at radius 3 is 0.857 bits per heavy atom. The Morgan fingerprint density at radius 1 is 0.381 bits per heavy atom. The molecule has 0 aliphatic heterocycles. The van der Waals surface area contributed by atoms with E-state index in [1.165, 1.54) is 20.8 Å². The van der Waals surface area contributed by atoms with Crippen LogP contribution in [0, 0.1) is 76.4 Å². The Bertz CT molecular complexity index is 1390. The van der Waals surface area contributed by atoms with Gasteiger partial charge in [-0.1, -0.05) is 62.8 Å². The third kappa shape index (κ3) is 9.56. The summed E-state index contributed by atoms with van der Waals surface area (Å²) in [5.74, 6) is -42.6. The predicted octanol–water partition coefficient (Wildman–Crippen LogP) is 15.8.